The van der Waals surface area contributed by atoms with Crippen LogP contribution in [-0.2, 0) is 0 Å². The second-order valence-electron chi connectivity index (χ2n) is 7.18. The Morgan fingerprint density at radius 3 is 2.55 bits per heavy atom. The Morgan fingerprint density at radius 1 is 1.00 bits per heavy atom. The summed E-state index contributed by atoms with van der Waals surface area (Å²) in [5, 5.41) is 9.61. The van der Waals surface area contributed by atoms with E-state index in [0.717, 1.165) is 18.9 Å². The molecule has 1 aliphatic heterocycles. The zero-order valence-electron chi connectivity index (χ0n) is 17.3. The maximum atomic E-state index is 13.1. The van der Waals surface area contributed by atoms with Crippen LogP contribution in [0.1, 0.15) is 21.5 Å². The summed E-state index contributed by atoms with van der Waals surface area (Å²) in [5.74, 6) is 7.75. The summed E-state index contributed by atoms with van der Waals surface area (Å²) in [7, 11) is 1.58. The van der Waals surface area contributed by atoms with Crippen molar-refractivity contribution < 1.29 is 14.6 Å². The number of pyridine rings is 1. The molecule has 0 radical (unpaired) electrons. The van der Waals surface area contributed by atoms with Gasteiger partial charge < -0.3 is 19.6 Å². The Balaban J connectivity index is 1.50. The third-order valence-electron chi connectivity index (χ3n) is 5.17. The van der Waals surface area contributed by atoms with Crippen LogP contribution in [0.2, 0.25) is 0 Å². The molecule has 0 bridgehead atoms. The van der Waals surface area contributed by atoms with Crippen LogP contribution in [0.25, 0.3) is 0 Å². The van der Waals surface area contributed by atoms with Gasteiger partial charge in [-0.3, -0.25) is 4.79 Å². The van der Waals surface area contributed by atoms with E-state index in [1.165, 1.54) is 0 Å². The van der Waals surface area contributed by atoms with Gasteiger partial charge in [-0.05, 0) is 48.5 Å². The van der Waals surface area contributed by atoms with Crippen molar-refractivity contribution in [3.8, 4) is 23.3 Å². The molecule has 0 unspecified atom stereocenters. The number of hydrogen-bond donors (Lipinski definition) is 1. The smallest absolute Gasteiger partial charge is 0.254 e. The van der Waals surface area contributed by atoms with Crippen LogP contribution in [0.15, 0.2) is 66.9 Å². The van der Waals surface area contributed by atoms with Crippen LogP contribution in [0.3, 0.4) is 0 Å². The number of nitrogens with zero attached hydrogens (tertiary/aromatic N) is 3. The quantitative estimate of drug-likeness (QED) is 0.669. The molecule has 1 aromatic heterocycles. The summed E-state index contributed by atoms with van der Waals surface area (Å²) in [6.07, 6.45) is 1.78. The average Bonchev–Trinajstić information content (AvgIpc) is 2.83. The van der Waals surface area contributed by atoms with Gasteiger partial charge in [-0.1, -0.05) is 24.0 Å². The van der Waals surface area contributed by atoms with Gasteiger partial charge >= 0.3 is 0 Å². The first-order chi connectivity index (χ1) is 15.1. The molecule has 0 saturated carbocycles. The minimum Gasteiger partial charge on any atom is -0.508 e. The molecule has 3 aromatic rings. The average molecular weight is 413 g/mol. The molecular formula is C25H23N3O3. The number of hydrogen-bond acceptors (Lipinski definition) is 5. The Hall–Kier alpha value is -3.98. The number of ether oxygens (including phenoxy) is 1. The van der Waals surface area contributed by atoms with Crippen LogP contribution < -0.4 is 9.64 Å². The first-order valence-electron chi connectivity index (χ1n) is 10.1. The second kappa shape index (κ2) is 9.23. The second-order valence-corrected chi connectivity index (χ2v) is 7.18. The highest BCUT2D eigenvalue weighted by molar-refractivity contribution is 5.95. The van der Waals surface area contributed by atoms with Crippen molar-refractivity contribution in [1.82, 2.24) is 9.88 Å². The molecule has 6 heteroatoms. The van der Waals surface area contributed by atoms with E-state index in [0.29, 0.717) is 35.5 Å². The monoisotopic (exact) mass is 413 g/mol. The van der Waals surface area contributed by atoms with Crippen molar-refractivity contribution in [3.63, 3.8) is 0 Å². The van der Waals surface area contributed by atoms with Crippen LogP contribution >= 0.6 is 0 Å². The predicted octanol–water partition coefficient (Wildman–Crippen LogP) is 3.16. The molecule has 31 heavy (non-hydrogen) atoms. The number of amides is 1. The van der Waals surface area contributed by atoms with E-state index in [1.807, 2.05) is 29.2 Å². The normalized spacial score (nSPS) is 13.3. The number of methoxy groups -OCH3 is 1. The van der Waals surface area contributed by atoms with Gasteiger partial charge in [0.1, 0.15) is 17.3 Å². The van der Waals surface area contributed by atoms with Crippen molar-refractivity contribution in [1.29, 1.82) is 0 Å². The lowest BCUT2D eigenvalue weighted by atomic mass is 10.1. The van der Waals surface area contributed by atoms with E-state index in [9.17, 15) is 9.90 Å². The lowest BCUT2D eigenvalue weighted by Crippen LogP contribution is -2.49. The van der Waals surface area contributed by atoms with Gasteiger partial charge in [-0.2, -0.15) is 0 Å². The van der Waals surface area contributed by atoms with Gasteiger partial charge in [0.05, 0.1) is 12.7 Å². The van der Waals surface area contributed by atoms with E-state index in [4.69, 9.17) is 4.74 Å². The zero-order chi connectivity index (χ0) is 21.6. The molecule has 1 fully saturated rings. The van der Waals surface area contributed by atoms with Crippen LogP contribution in [0, 0.1) is 11.8 Å². The van der Waals surface area contributed by atoms with Crippen molar-refractivity contribution >= 4 is 11.7 Å². The number of piperazine rings is 1. The number of carbonyl (C=O) groups is 1. The highest BCUT2D eigenvalue weighted by Gasteiger charge is 2.23. The largest absolute Gasteiger partial charge is 0.508 e. The maximum Gasteiger partial charge on any atom is 0.254 e. The molecule has 2 aromatic carbocycles. The number of phenolic OH excluding ortho intramolecular Hbond substituents is 1. The molecule has 1 aliphatic rings. The van der Waals surface area contributed by atoms with Gasteiger partial charge in [0, 0.05) is 43.5 Å². The SMILES string of the molecule is COc1ccc(C(=O)N2CCN(c3ccccn3)CC2)cc1C#Cc1cccc(O)c1. The summed E-state index contributed by atoms with van der Waals surface area (Å²) in [6.45, 7) is 2.74. The van der Waals surface area contributed by atoms with Gasteiger partial charge in [0.15, 0.2) is 0 Å². The minimum atomic E-state index is -0.0243. The van der Waals surface area contributed by atoms with Crippen LogP contribution in [-0.4, -0.2) is 54.2 Å². The number of benzene rings is 2. The predicted molar refractivity (Wildman–Crippen MR) is 119 cm³/mol. The van der Waals surface area contributed by atoms with Crippen molar-refractivity contribution in [2.45, 2.75) is 0 Å². The molecular weight excluding hydrogens is 390 g/mol. The first-order valence-corrected chi connectivity index (χ1v) is 10.1. The molecule has 4 rings (SSSR count). The zero-order valence-corrected chi connectivity index (χ0v) is 17.3. The highest BCUT2D eigenvalue weighted by Crippen LogP contribution is 2.21. The van der Waals surface area contributed by atoms with E-state index < -0.39 is 0 Å². The van der Waals surface area contributed by atoms with Gasteiger partial charge in [-0.25, -0.2) is 4.98 Å². The summed E-state index contributed by atoms with van der Waals surface area (Å²) in [5.41, 5.74) is 1.89. The van der Waals surface area contributed by atoms with Crippen LogP contribution in [0.5, 0.6) is 11.5 Å². The van der Waals surface area contributed by atoms with Crippen molar-refractivity contribution in [2.24, 2.45) is 0 Å². The van der Waals surface area contributed by atoms with E-state index in [-0.39, 0.29) is 11.7 Å². The standard InChI is InChI=1S/C25H23N3O3/c1-31-23-11-10-21(18-20(23)9-8-19-5-4-6-22(29)17-19)25(30)28-15-13-27(14-16-28)24-7-2-3-12-26-24/h2-7,10-12,17-18,29H,13-16H2,1H3. The summed E-state index contributed by atoms with van der Waals surface area (Å²) < 4.78 is 5.41. The summed E-state index contributed by atoms with van der Waals surface area (Å²) in [4.78, 5) is 21.5. The summed E-state index contributed by atoms with van der Waals surface area (Å²) in [6, 6.07) is 17.9. The Kier molecular flexibility index (Phi) is 6.04. The number of phenols is 1. The van der Waals surface area contributed by atoms with Gasteiger partial charge in [0.25, 0.3) is 5.91 Å². The van der Waals surface area contributed by atoms with Gasteiger partial charge in [0.2, 0.25) is 0 Å². The fraction of sp³-hybridized carbons (Fsp3) is 0.200. The van der Waals surface area contributed by atoms with Gasteiger partial charge in [-0.15, -0.1) is 0 Å². The lowest BCUT2D eigenvalue weighted by molar-refractivity contribution is 0.0746. The number of anilines is 1. The molecule has 156 valence electrons. The number of aromatic hydroxyl groups is 1. The first kappa shape index (κ1) is 20.3. The number of aromatic nitrogens is 1. The minimum absolute atomic E-state index is 0.0243. The van der Waals surface area contributed by atoms with E-state index >= 15 is 0 Å². The van der Waals surface area contributed by atoms with Crippen molar-refractivity contribution in [3.05, 3.63) is 83.6 Å². The third kappa shape index (κ3) is 4.78. The third-order valence-corrected chi connectivity index (χ3v) is 5.17. The fourth-order valence-electron chi connectivity index (χ4n) is 3.52. The molecule has 1 saturated heterocycles. The molecule has 0 atom stereocenters. The maximum absolute atomic E-state index is 13.1. The Labute approximate surface area is 181 Å². The molecule has 1 N–H and O–H groups in total. The lowest BCUT2D eigenvalue weighted by Gasteiger charge is -2.35. The highest BCUT2D eigenvalue weighted by atomic mass is 16.5. The topological polar surface area (TPSA) is 65.9 Å². The Morgan fingerprint density at radius 2 is 1.84 bits per heavy atom. The fourth-order valence-corrected chi connectivity index (χ4v) is 3.52. The van der Waals surface area contributed by atoms with E-state index in [1.54, 1.807) is 49.7 Å². The molecule has 1 amide bonds. The molecule has 6 nitrogen and oxygen atoms in total. The molecule has 2 heterocycles. The van der Waals surface area contributed by atoms with Crippen LogP contribution in [0.4, 0.5) is 5.82 Å². The number of carbonyl (C=O) groups excluding carboxylic acids is 1. The molecule has 0 aliphatic carbocycles. The number of rotatable bonds is 3. The summed E-state index contributed by atoms with van der Waals surface area (Å²) >= 11 is 0. The van der Waals surface area contributed by atoms with Crippen molar-refractivity contribution in [2.75, 3.05) is 38.2 Å². The molecule has 0 spiro atoms. The van der Waals surface area contributed by atoms with E-state index in [2.05, 4.69) is 21.7 Å². The Bertz CT molecular complexity index is 1130.